The molecule has 1 N–H and O–H groups in total. The van der Waals surface area contributed by atoms with Gasteiger partial charge in [-0.15, -0.1) is 0 Å². The summed E-state index contributed by atoms with van der Waals surface area (Å²) in [6, 6.07) is 4.15. The SMILES string of the molecule is CCC(=O)Nc1ccc(Cl)c(F)c1. The van der Waals surface area contributed by atoms with E-state index in [9.17, 15) is 9.18 Å². The first-order valence-corrected chi connectivity index (χ1v) is 4.26. The van der Waals surface area contributed by atoms with Gasteiger partial charge in [0.05, 0.1) is 5.02 Å². The second-order valence-corrected chi connectivity index (χ2v) is 2.94. The highest BCUT2D eigenvalue weighted by atomic mass is 35.5. The van der Waals surface area contributed by atoms with Gasteiger partial charge in [-0.05, 0) is 18.2 Å². The van der Waals surface area contributed by atoms with Crippen molar-refractivity contribution in [1.82, 2.24) is 0 Å². The van der Waals surface area contributed by atoms with E-state index in [1.807, 2.05) is 0 Å². The Bertz CT molecular complexity index is 327. The highest BCUT2D eigenvalue weighted by Crippen LogP contribution is 2.18. The molecule has 0 radical (unpaired) electrons. The quantitative estimate of drug-likeness (QED) is 0.783. The van der Waals surface area contributed by atoms with Crippen LogP contribution in [0.25, 0.3) is 0 Å². The summed E-state index contributed by atoms with van der Waals surface area (Å²) >= 11 is 5.46. The molecule has 0 bridgehead atoms. The molecule has 1 rings (SSSR count). The summed E-state index contributed by atoms with van der Waals surface area (Å²) < 4.78 is 12.9. The van der Waals surface area contributed by atoms with E-state index in [-0.39, 0.29) is 10.9 Å². The molecule has 1 aromatic carbocycles. The monoisotopic (exact) mass is 201 g/mol. The van der Waals surface area contributed by atoms with Gasteiger partial charge in [0.25, 0.3) is 0 Å². The van der Waals surface area contributed by atoms with Crippen LogP contribution in [0.1, 0.15) is 13.3 Å². The van der Waals surface area contributed by atoms with Crippen LogP contribution < -0.4 is 5.32 Å². The molecule has 13 heavy (non-hydrogen) atoms. The molecular weight excluding hydrogens is 193 g/mol. The minimum absolute atomic E-state index is 0.0505. The van der Waals surface area contributed by atoms with Gasteiger partial charge in [-0.25, -0.2) is 4.39 Å². The van der Waals surface area contributed by atoms with Crippen molar-refractivity contribution in [2.45, 2.75) is 13.3 Å². The number of rotatable bonds is 2. The average molecular weight is 202 g/mol. The summed E-state index contributed by atoms with van der Waals surface area (Å²) in [5, 5.41) is 2.57. The molecule has 0 unspecified atom stereocenters. The molecule has 0 fully saturated rings. The van der Waals surface area contributed by atoms with Crippen molar-refractivity contribution in [2.24, 2.45) is 0 Å². The van der Waals surface area contributed by atoms with Crippen molar-refractivity contribution in [3.05, 3.63) is 29.0 Å². The van der Waals surface area contributed by atoms with Gasteiger partial charge in [0.2, 0.25) is 5.91 Å². The first kappa shape index (κ1) is 9.99. The van der Waals surface area contributed by atoms with Crippen LogP contribution in [0.2, 0.25) is 5.02 Å². The highest BCUT2D eigenvalue weighted by molar-refractivity contribution is 6.30. The molecule has 4 heteroatoms. The van der Waals surface area contributed by atoms with E-state index in [2.05, 4.69) is 5.32 Å². The summed E-state index contributed by atoms with van der Waals surface area (Å²) in [6.07, 6.45) is 0.365. The molecule has 70 valence electrons. The van der Waals surface area contributed by atoms with E-state index in [0.29, 0.717) is 12.1 Å². The number of carbonyl (C=O) groups excluding carboxylic acids is 1. The molecular formula is C9H9ClFNO. The van der Waals surface area contributed by atoms with E-state index in [4.69, 9.17) is 11.6 Å². The Labute approximate surface area is 80.7 Å². The predicted molar refractivity (Wildman–Crippen MR) is 50.3 cm³/mol. The third kappa shape index (κ3) is 2.70. The third-order valence-corrected chi connectivity index (χ3v) is 1.83. The molecule has 0 aliphatic heterocycles. The summed E-state index contributed by atoms with van der Waals surface area (Å²) in [5.41, 5.74) is 0.425. The molecule has 0 saturated carbocycles. The van der Waals surface area contributed by atoms with Gasteiger partial charge in [0, 0.05) is 12.1 Å². The maximum Gasteiger partial charge on any atom is 0.224 e. The van der Waals surface area contributed by atoms with Gasteiger partial charge in [0.1, 0.15) is 5.82 Å². The van der Waals surface area contributed by atoms with Crippen LogP contribution in [0.3, 0.4) is 0 Å². The molecule has 0 atom stereocenters. The summed E-state index contributed by atoms with van der Waals surface area (Å²) in [5.74, 6) is -0.683. The number of carbonyl (C=O) groups is 1. The maximum absolute atomic E-state index is 12.9. The largest absolute Gasteiger partial charge is 0.326 e. The van der Waals surface area contributed by atoms with E-state index < -0.39 is 5.82 Å². The Balaban J connectivity index is 2.79. The standard InChI is InChI=1S/C9H9ClFNO/c1-2-9(13)12-6-3-4-7(10)8(11)5-6/h3-5H,2H2,1H3,(H,12,13). The summed E-state index contributed by atoms with van der Waals surface area (Å²) in [7, 11) is 0. The molecule has 0 aliphatic rings. The number of hydrogen-bond donors (Lipinski definition) is 1. The van der Waals surface area contributed by atoms with Crippen molar-refractivity contribution in [3.63, 3.8) is 0 Å². The first-order chi connectivity index (χ1) is 6.13. The second-order valence-electron chi connectivity index (χ2n) is 2.53. The van der Waals surface area contributed by atoms with Crippen molar-refractivity contribution in [3.8, 4) is 0 Å². The number of nitrogens with one attached hydrogen (secondary N) is 1. The van der Waals surface area contributed by atoms with Crippen LogP contribution >= 0.6 is 11.6 Å². The van der Waals surface area contributed by atoms with E-state index in [1.54, 1.807) is 13.0 Å². The fourth-order valence-electron chi connectivity index (χ4n) is 0.823. The average Bonchev–Trinajstić information content (AvgIpc) is 2.11. The summed E-state index contributed by atoms with van der Waals surface area (Å²) in [6.45, 7) is 1.72. The molecule has 2 nitrogen and oxygen atoms in total. The number of halogens is 2. The topological polar surface area (TPSA) is 29.1 Å². The zero-order valence-corrected chi connectivity index (χ0v) is 7.86. The highest BCUT2D eigenvalue weighted by Gasteiger charge is 2.02. The number of hydrogen-bond acceptors (Lipinski definition) is 1. The van der Waals surface area contributed by atoms with Gasteiger partial charge in [-0.2, -0.15) is 0 Å². The van der Waals surface area contributed by atoms with Gasteiger partial charge >= 0.3 is 0 Å². The van der Waals surface area contributed by atoms with Crippen molar-refractivity contribution < 1.29 is 9.18 Å². The summed E-state index contributed by atoms with van der Waals surface area (Å²) in [4.78, 5) is 10.9. The lowest BCUT2D eigenvalue weighted by Gasteiger charge is -2.03. The predicted octanol–water partition coefficient (Wildman–Crippen LogP) is 2.83. The van der Waals surface area contributed by atoms with Crippen LogP contribution in [-0.4, -0.2) is 5.91 Å². The molecule has 0 saturated heterocycles. The maximum atomic E-state index is 12.9. The van der Waals surface area contributed by atoms with Crippen molar-refractivity contribution in [1.29, 1.82) is 0 Å². The molecule has 1 aromatic rings. The Hall–Kier alpha value is -1.09. The van der Waals surface area contributed by atoms with Gasteiger partial charge in [-0.1, -0.05) is 18.5 Å². The van der Waals surface area contributed by atoms with E-state index >= 15 is 0 Å². The fraction of sp³-hybridized carbons (Fsp3) is 0.222. The zero-order valence-electron chi connectivity index (χ0n) is 7.10. The number of benzene rings is 1. The lowest BCUT2D eigenvalue weighted by atomic mass is 10.3. The van der Waals surface area contributed by atoms with Crippen LogP contribution in [-0.2, 0) is 4.79 Å². The normalized spacial score (nSPS) is 9.77. The van der Waals surface area contributed by atoms with Crippen LogP contribution in [0.4, 0.5) is 10.1 Å². The van der Waals surface area contributed by atoms with E-state index in [1.165, 1.54) is 12.1 Å². The molecule has 0 spiro atoms. The zero-order chi connectivity index (χ0) is 9.84. The second kappa shape index (κ2) is 4.23. The molecule has 0 heterocycles. The smallest absolute Gasteiger partial charge is 0.224 e. The fourth-order valence-corrected chi connectivity index (χ4v) is 0.941. The Morgan fingerprint density at radius 1 is 1.62 bits per heavy atom. The van der Waals surface area contributed by atoms with E-state index in [0.717, 1.165) is 0 Å². The molecule has 0 aliphatic carbocycles. The van der Waals surface area contributed by atoms with Gasteiger partial charge in [0.15, 0.2) is 0 Å². The molecule has 1 amide bonds. The Morgan fingerprint density at radius 2 is 2.31 bits per heavy atom. The Kier molecular flexibility index (Phi) is 3.25. The van der Waals surface area contributed by atoms with Crippen LogP contribution in [0.5, 0.6) is 0 Å². The van der Waals surface area contributed by atoms with Crippen molar-refractivity contribution in [2.75, 3.05) is 5.32 Å². The molecule has 0 aromatic heterocycles. The third-order valence-electron chi connectivity index (χ3n) is 1.52. The van der Waals surface area contributed by atoms with Gasteiger partial charge in [-0.3, -0.25) is 4.79 Å². The number of amides is 1. The Morgan fingerprint density at radius 3 is 2.85 bits per heavy atom. The lowest BCUT2D eigenvalue weighted by Crippen LogP contribution is -2.09. The first-order valence-electron chi connectivity index (χ1n) is 3.88. The minimum atomic E-state index is -0.532. The van der Waals surface area contributed by atoms with Crippen molar-refractivity contribution >= 4 is 23.2 Å². The van der Waals surface area contributed by atoms with Crippen LogP contribution in [0.15, 0.2) is 18.2 Å². The van der Waals surface area contributed by atoms with Gasteiger partial charge < -0.3 is 5.32 Å². The van der Waals surface area contributed by atoms with Crippen LogP contribution in [0, 0.1) is 5.82 Å². The lowest BCUT2D eigenvalue weighted by molar-refractivity contribution is -0.115. The number of anilines is 1. The minimum Gasteiger partial charge on any atom is -0.326 e.